The van der Waals surface area contributed by atoms with Crippen LogP contribution < -0.4 is 10.6 Å². The van der Waals surface area contributed by atoms with Crippen molar-refractivity contribution in [1.82, 2.24) is 10.6 Å². The van der Waals surface area contributed by atoms with Crippen molar-refractivity contribution in [2.45, 2.75) is 38.8 Å². The minimum atomic E-state index is -0.408. The lowest BCUT2D eigenvalue weighted by Gasteiger charge is -2.15. The van der Waals surface area contributed by atoms with Crippen LogP contribution in [0.4, 0.5) is 4.79 Å². The molecule has 2 atom stereocenters. The lowest BCUT2D eigenvalue weighted by molar-refractivity contribution is 0.183. The summed E-state index contributed by atoms with van der Waals surface area (Å²) in [6.45, 7) is 4.06. The molecule has 0 aliphatic heterocycles. The zero-order chi connectivity index (χ0) is 14.3. The van der Waals surface area contributed by atoms with Gasteiger partial charge in [-0.15, -0.1) is 0 Å². The van der Waals surface area contributed by atoms with Crippen molar-refractivity contribution in [1.29, 1.82) is 0 Å². The van der Waals surface area contributed by atoms with Crippen molar-refractivity contribution in [3.8, 4) is 5.75 Å². The van der Waals surface area contributed by atoms with Crippen molar-refractivity contribution < 1.29 is 15.0 Å². The van der Waals surface area contributed by atoms with Crippen LogP contribution in [0.1, 0.15) is 25.8 Å². The fourth-order valence-electron chi connectivity index (χ4n) is 1.71. The molecule has 0 saturated carbocycles. The van der Waals surface area contributed by atoms with Crippen LogP contribution in [-0.2, 0) is 6.42 Å². The summed E-state index contributed by atoms with van der Waals surface area (Å²) in [5.41, 5.74) is 1.05. The maximum Gasteiger partial charge on any atom is 0.315 e. The third-order valence-corrected chi connectivity index (χ3v) is 2.70. The third kappa shape index (κ3) is 6.67. The number of benzene rings is 1. The van der Waals surface area contributed by atoms with Gasteiger partial charge in [0.1, 0.15) is 5.75 Å². The molecule has 19 heavy (non-hydrogen) atoms. The summed E-state index contributed by atoms with van der Waals surface area (Å²) in [4.78, 5) is 11.5. The van der Waals surface area contributed by atoms with E-state index in [2.05, 4.69) is 10.6 Å². The summed E-state index contributed by atoms with van der Waals surface area (Å²) in [6, 6.07) is 6.69. The van der Waals surface area contributed by atoms with Gasteiger partial charge in [-0.2, -0.15) is 0 Å². The molecule has 0 radical (unpaired) electrons. The van der Waals surface area contributed by atoms with Gasteiger partial charge < -0.3 is 20.8 Å². The smallest absolute Gasteiger partial charge is 0.315 e. The topological polar surface area (TPSA) is 81.6 Å². The van der Waals surface area contributed by atoms with Crippen LogP contribution in [-0.4, -0.2) is 34.9 Å². The first-order valence-electron chi connectivity index (χ1n) is 6.47. The molecule has 4 N–H and O–H groups in total. The number of nitrogens with one attached hydrogen (secondary N) is 2. The van der Waals surface area contributed by atoms with E-state index in [-0.39, 0.29) is 17.8 Å². The van der Waals surface area contributed by atoms with Gasteiger partial charge in [-0.05, 0) is 44.4 Å². The highest BCUT2D eigenvalue weighted by atomic mass is 16.3. The number of phenols is 1. The summed E-state index contributed by atoms with van der Waals surface area (Å²) in [6.07, 6.45) is 0.832. The van der Waals surface area contributed by atoms with Crippen LogP contribution in [0.2, 0.25) is 0 Å². The molecule has 0 spiro atoms. The number of aliphatic hydroxyl groups is 1. The number of phenolic OH excluding ortho intramolecular Hbond substituents is 1. The van der Waals surface area contributed by atoms with Crippen LogP contribution >= 0.6 is 0 Å². The highest BCUT2D eigenvalue weighted by Crippen LogP contribution is 2.11. The number of hydrogen-bond donors (Lipinski definition) is 4. The molecule has 5 nitrogen and oxygen atoms in total. The Labute approximate surface area is 113 Å². The van der Waals surface area contributed by atoms with E-state index in [4.69, 9.17) is 5.11 Å². The van der Waals surface area contributed by atoms with Gasteiger partial charge in [-0.25, -0.2) is 4.79 Å². The Morgan fingerprint density at radius 1 is 1.26 bits per heavy atom. The average molecular weight is 266 g/mol. The summed E-state index contributed by atoms with van der Waals surface area (Å²) in [7, 11) is 0. The molecule has 2 unspecified atom stereocenters. The van der Waals surface area contributed by atoms with Crippen LogP contribution in [0.15, 0.2) is 24.3 Å². The Morgan fingerprint density at radius 2 is 1.89 bits per heavy atom. The van der Waals surface area contributed by atoms with E-state index >= 15 is 0 Å². The molecule has 0 fully saturated rings. The molecule has 1 aromatic carbocycles. The van der Waals surface area contributed by atoms with Crippen LogP contribution in [0.3, 0.4) is 0 Å². The second-order valence-electron chi connectivity index (χ2n) is 4.81. The lowest BCUT2D eigenvalue weighted by Crippen LogP contribution is -2.42. The largest absolute Gasteiger partial charge is 0.508 e. The summed E-state index contributed by atoms with van der Waals surface area (Å²) < 4.78 is 0. The maximum absolute atomic E-state index is 11.5. The fourth-order valence-corrected chi connectivity index (χ4v) is 1.71. The predicted molar refractivity (Wildman–Crippen MR) is 74.1 cm³/mol. The normalized spacial score (nSPS) is 13.6. The molecule has 2 amide bonds. The molecule has 0 bridgehead atoms. The molecular weight excluding hydrogens is 244 g/mol. The Hall–Kier alpha value is -1.75. The van der Waals surface area contributed by atoms with Crippen molar-refractivity contribution in [2.24, 2.45) is 0 Å². The van der Waals surface area contributed by atoms with Crippen molar-refractivity contribution in [2.75, 3.05) is 6.54 Å². The first-order valence-corrected chi connectivity index (χ1v) is 6.47. The van der Waals surface area contributed by atoms with E-state index in [1.54, 1.807) is 19.1 Å². The predicted octanol–water partition coefficient (Wildman–Crippen LogP) is 1.39. The number of urea groups is 1. The number of aliphatic hydroxyl groups excluding tert-OH is 1. The van der Waals surface area contributed by atoms with E-state index in [0.29, 0.717) is 19.4 Å². The minimum Gasteiger partial charge on any atom is -0.508 e. The van der Waals surface area contributed by atoms with Gasteiger partial charge >= 0.3 is 6.03 Å². The standard InChI is InChI=1S/C14H22N2O3/c1-10(9-12-3-5-13(18)6-4-12)16-14(19)15-8-7-11(2)17/h3-6,10-11,17-18H,7-9H2,1-2H3,(H2,15,16,19). The molecule has 0 saturated heterocycles. The Kier molecular flexibility index (Phi) is 6.15. The molecule has 0 aromatic heterocycles. The SMILES string of the molecule is CC(O)CCNC(=O)NC(C)Cc1ccc(O)cc1. The molecule has 1 aromatic rings. The van der Waals surface area contributed by atoms with Crippen LogP contribution in [0.25, 0.3) is 0 Å². The zero-order valence-corrected chi connectivity index (χ0v) is 11.4. The molecule has 1 rings (SSSR count). The Balaban J connectivity index is 2.28. The van der Waals surface area contributed by atoms with Gasteiger partial charge in [-0.1, -0.05) is 12.1 Å². The Morgan fingerprint density at radius 3 is 2.47 bits per heavy atom. The minimum absolute atomic E-state index is 0.00362. The van der Waals surface area contributed by atoms with Crippen LogP contribution in [0.5, 0.6) is 5.75 Å². The van der Waals surface area contributed by atoms with Crippen molar-refractivity contribution >= 4 is 6.03 Å². The fraction of sp³-hybridized carbons (Fsp3) is 0.500. The number of hydrogen-bond acceptors (Lipinski definition) is 3. The number of amides is 2. The number of carbonyl (C=O) groups excluding carboxylic acids is 1. The van der Waals surface area contributed by atoms with Gasteiger partial charge in [0.25, 0.3) is 0 Å². The zero-order valence-electron chi connectivity index (χ0n) is 11.4. The van der Waals surface area contributed by atoms with E-state index in [0.717, 1.165) is 5.56 Å². The van der Waals surface area contributed by atoms with E-state index < -0.39 is 6.10 Å². The number of aromatic hydroxyl groups is 1. The van der Waals surface area contributed by atoms with Crippen molar-refractivity contribution in [3.63, 3.8) is 0 Å². The van der Waals surface area contributed by atoms with Crippen LogP contribution in [0, 0.1) is 0 Å². The average Bonchev–Trinajstić information content (AvgIpc) is 2.31. The molecule has 106 valence electrons. The summed E-state index contributed by atoms with van der Waals surface area (Å²) in [5.74, 6) is 0.236. The van der Waals surface area contributed by atoms with Gasteiger partial charge in [0, 0.05) is 12.6 Å². The first-order chi connectivity index (χ1) is 8.97. The van der Waals surface area contributed by atoms with E-state index in [1.165, 1.54) is 0 Å². The second kappa shape index (κ2) is 7.63. The third-order valence-electron chi connectivity index (χ3n) is 2.70. The van der Waals surface area contributed by atoms with Gasteiger partial charge in [0.05, 0.1) is 6.10 Å². The Bertz CT molecular complexity index is 390. The van der Waals surface area contributed by atoms with E-state index in [1.807, 2.05) is 19.1 Å². The van der Waals surface area contributed by atoms with Gasteiger partial charge in [0.2, 0.25) is 0 Å². The lowest BCUT2D eigenvalue weighted by atomic mass is 10.1. The van der Waals surface area contributed by atoms with Crippen molar-refractivity contribution in [3.05, 3.63) is 29.8 Å². The quantitative estimate of drug-likeness (QED) is 0.628. The highest BCUT2D eigenvalue weighted by Gasteiger charge is 2.08. The molecule has 5 heteroatoms. The second-order valence-corrected chi connectivity index (χ2v) is 4.81. The summed E-state index contributed by atoms with van der Waals surface area (Å²) >= 11 is 0. The monoisotopic (exact) mass is 266 g/mol. The highest BCUT2D eigenvalue weighted by molar-refractivity contribution is 5.74. The summed E-state index contributed by atoms with van der Waals surface area (Å²) in [5, 5.41) is 23.8. The van der Waals surface area contributed by atoms with Gasteiger partial charge in [-0.3, -0.25) is 0 Å². The number of rotatable bonds is 6. The maximum atomic E-state index is 11.5. The molecular formula is C14H22N2O3. The molecule has 0 heterocycles. The van der Waals surface area contributed by atoms with Gasteiger partial charge in [0.15, 0.2) is 0 Å². The first kappa shape index (κ1) is 15.3. The van der Waals surface area contributed by atoms with E-state index in [9.17, 15) is 9.90 Å². The molecule has 0 aliphatic rings. The molecule has 0 aliphatic carbocycles. The number of carbonyl (C=O) groups is 1.